The molecule has 1 saturated heterocycles. The van der Waals surface area contributed by atoms with E-state index in [9.17, 15) is 0 Å². The molecule has 0 saturated carbocycles. The molecule has 0 spiro atoms. The van der Waals surface area contributed by atoms with Gasteiger partial charge in [0.25, 0.3) is 0 Å². The second kappa shape index (κ2) is 8.34. The number of ether oxygens (including phenoxy) is 1. The van der Waals surface area contributed by atoms with E-state index in [1.54, 1.807) is 6.26 Å². The summed E-state index contributed by atoms with van der Waals surface area (Å²) in [5, 5.41) is 2.40. The Morgan fingerprint density at radius 2 is 2.13 bits per heavy atom. The SMILES string of the molecule is CC[C@@]1(C)C[C@@](CC[NH2+]Cc2ccco2)(CCC(C)C)CCO1. The lowest BCUT2D eigenvalue weighted by atomic mass is 9.67. The second-order valence-corrected chi connectivity index (χ2v) is 8.12. The molecular weight excluding hydrogens is 286 g/mol. The Morgan fingerprint density at radius 1 is 1.30 bits per heavy atom. The van der Waals surface area contributed by atoms with Crippen LogP contribution in [0.3, 0.4) is 0 Å². The van der Waals surface area contributed by atoms with E-state index in [1.165, 1.54) is 38.6 Å². The van der Waals surface area contributed by atoms with E-state index in [-0.39, 0.29) is 5.60 Å². The Bertz CT molecular complexity index is 443. The Hall–Kier alpha value is -0.800. The van der Waals surface area contributed by atoms with Crippen molar-refractivity contribution in [2.45, 2.75) is 78.4 Å². The normalized spacial score (nSPS) is 28.4. The molecule has 2 N–H and O–H groups in total. The summed E-state index contributed by atoms with van der Waals surface area (Å²) in [5.74, 6) is 1.86. The summed E-state index contributed by atoms with van der Waals surface area (Å²) in [5.41, 5.74) is 0.545. The van der Waals surface area contributed by atoms with Gasteiger partial charge in [0.05, 0.1) is 18.4 Å². The molecule has 0 radical (unpaired) electrons. The molecule has 0 aliphatic carbocycles. The third-order valence-electron chi connectivity index (χ3n) is 5.64. The molecule has 0 aromatic carbocycles. The number of hydrogen-bond acceptors (Lipinski definition) is 2. The first kappa shape index (κ1) is 18.5. The summed E-state index contributed by atoms with van der Waals surface area (Å²) in [6.45, 7) is 12.3. The van der Waals surface area contributed by atoms with Crippen LogP contribution in [0.4, 0.5) is 0 Å². The smallest absolute Gasteiger partial charge is 0.157 e. The van der Waals surface area contributed by atoms with Crippen LogP contribution in [0.5, 0.6) is 0 Å². The van der Waals surface area contributed by atoms with Crippen molar-refractivity contribution in [3.8, 4) is 0 Å². The van der Waals surface area contributed by atoms with E-state index < -0.39 is 0 Å². The Labute approximate surface area is 142 Å². The zero-order chi connectivity index (χ0) is 16.8. The van der Waals surface area contributed by atoms with Gasteiger partial charge in [-0.3, -0.25) is 0 Å². The van der Waals surface area contributed by atoms with Crippen molar-refractivity contribution in [1.82, 2.24) is 0 Å². The molecule has 1 aromatic heterocycles. The third kappa shape index (κ3) is 5.65. The van der Waals surface area contributed by atoms with Crippen molar-refractivity contribution >= 4 is 0 Å². The third-order valence-corrected chi connectivity index (χ3v) is 5.64. The number of nitrogens with two attached hydrogens (primary N) is 1. The predicted octanol–water partition coefficient (Wildman–Crippen LogP) is 4.13. The predicted molar refractivity (Wildman–Crippen MR) is 94.2 cm³/mol. The summed E-state index contributed by atoms with van der Waals surface area (Å²) < 4.78 is 11.5. The van der Waals surface area contributed by atoms with Gasteiger partial charge >= 0.3 is 0 Å². The number of rotatable bonds is 9. The molecule has 3 heteroatoms. The van der Waals surface area contributed by atoms with E-state index in [2.05, 4.69) is 39.1 Å². The maximum Gasteiger partial charge on any atom is 0.157 e. The highest BCUT2D eigenvalue weighted by Gasteiger charge is 2.42. The fourth-order valence-corrected chi connectivity index (χ4v) is 3.90. The minimum Gasteiger partial charge on any atom is -0.463 e. The Balaban J connectivity index is 1.90. The molecule has 2 rings (SSSR count). The van der Waals surface area contributed by atoms with Crippen molar-refractivity contribution in [2.75, 3.05) is 13.2 Å². The van der Waals surface area contributed by atoms with Crippen LogP contribution in [0, 0.1) is 11.3 Å². The minimum atomic E-state index is 0.0796. The van der Waals surface area contributed by atoms with Crippen LogP contribution in [0.15, 0.2) is 22.8 Å². The second-order valence-electron chi connectivity index (χ2n) is 8.12. The van der Waals surface area contributed by atoms with Gasteiger partial charge in [-0.25, -0.2) is 0 Å². The maximum atomic E-state index is 6.12. The van der Waals surface area contributed by atoms with Crippen LogP contribution in [-0.4, -0.2) is 18.8 Å². The molecular formula is C20H36NO2+. The average Bonchev–Trinajstić information content (AvgIpc) is 3.03. The van der Waals surface area contributed by atoms with Crippen molar-refractivity contribution in [2.24, 2.45) is 11.3 Å². The molecule has 2 heterocycles. The van der Waals surface area contributed by atoms with Gasteiger partial charge in [-0.05, 0) is 56.1 Å². The summed E-state index contributed by atoms with van der Waals surface area (Å²) in [6.07, 6.45) is 9.29. The van der Waals surface area contributed by atoms with Gasteiger partial charge in [0, 0.05) is 13.0 Å². The fraction of sp³-hybridized carbons (Fsp3) is 0.800. The highest BCUT2D eigenvalue weighted by atomic mass is 16.5. The first-order valence-corrected chi connectivity index (χ1v) is 9.45. The first-order chi connectivity index (χ1) is 11.0. The van der Waals surface area contributed by atoms with Gasteiger partial charge in [-0.1, -0.05) is 27.2 Å². The molecule has 132 valence electrons. The van der Waals surface area contributed by atoms with Crippen molar-refractivity contribution in [1.29, 1.82) is 0 Å². The zero-order valence-corrected chi connectivity index (χ0v) is 15.6. The summed E-state index contributed by atoms with van der Waals surface area (Å²) >= 11 is 0. The summed E-state index contributed by atoms with van der Waals surface area (Å²) in [4.78, 5) is 0. The standard InChI is InChI=1S/C20H35NO2/c1-5-19(4)16-20(11-14-23-19,9-8-17(2)3)10-12-21-15-18-7-6-13-22-18/h6-7,13,17,21H,5,8-12,14-16H2,1-4H3/p+1/t19-,20+/m0/s1. The van der Waals surface area contributed by atoms with E-state index in [0.717, 1.165) is 31.3 Å². The van der Waals surface area contributed by atoms with E-state index in [0.29, 0.717) is 5.41 Å². The quantitative estimate of drug-likeness (QED) is 0.694. The van der Waals surface area contributed by atoms with Gasteiger partial charge in [0.2, 0.25) is 0 Å². The molecule has 0 bridgehead atoms. The lowest BCUT2D eigenvalue weighted by molar-refractivity contribution is -0.674. The molecule has 0 amide bonds. The molecule has 1 aromatic rings. The van der Waals surface area contributed by atoms with Gasteiger partial charge < -0.3 is 14.5 Å². The van der Waals surface area contributed by atoms with Crippen LogP contribution in [0.25, 0.3) is 0 Å². The van der Waals surface area contributed by atoms with E-state index in [4.69, 9.17) is 9.15 Å². The monoisotopic (exact) mass is 322 g/mol. The topological polar surface area (TPSA) is 39.0 Å². The van der Waals surface area contributed by atoms with E-state index in [1.807, 2.05) is 6.07 Å². The van der Waals surface area contributed by atoms with Gasteiger partial charge in [-0.2, -0.15) is 0 Å². The summed E-state index contributed by atoms with van der Waals surface area (Å²) in [7, 11) is 0. The van der Waals surface area contributed by atoms with Crippen LogP contribution < -0.4 is 5.32 Å². The molecule has 0 unspecified atom stereocenters. The minimum absolute atomic E-state index is 0.0796. The Morgan fingerprint density at radius 3 is 2.78 bits per heavy atom. The lowest BCUT2D eigenvalue weighted by Crippen LogP contribution is -2.83. The van der Waals surface area contributed by atoms with Crippen LogP contribution in [0.1, 0.15) is 72.0 Å². The van der Waals surface area contributed by atoms with Crippen LogP contribution in [0.2, 0.25) is 0 Å². The van der Waals surface area contributed by atoms with E-state index >= 15 is 0 Å². The largest absolute Gasteiger partial charge is 0.463 e. The first-order valence-electron chi connectivity index (χ1n) is 9.45. The van der Waals surface area contributed by atoms with Crippen LogP contribution in [-0.2, 0) is 11.3 Å². The fourth-order valence-electron chi connectivity index (χ4n) is 3.90. The molecule has 2 atom stereocenters. The maximum absolute atomic E-state index is 6.12. The van der Waals surface area contributed by atoms with Gasteiger partial charge in [0.15, 0.2) is 5.76 Å². The molecule has 1 fully saturated rings. The molecule has 1 aliphatic heterocycles. The van der Waals surface area contributed by atoms with Gasteiger partial charge in [-0.15, -0.1) is 0 Å². The van der Waals surface area contributed by atoms with Crippen LogP contribution >= 0.6 is 0 Å². The number of hydrogen-bond donors (Lipinski definition) is 1. The lowest BCUT2D eigenvalue weighted by Gasteiger charge is -2.46. The average molecular weight is 323 g/mol. The zero-order valence-electron chi connectivity index (χ0n) is 15.6. The molecule has 1 aliphatic rings. The Kier molecular flexibility index (Phi) is 6.72. The molecule has 3 nitrogen and oxygen atoms in total. The molecule has 23 heavy (non-hydrogen) atoms. The highest BCUT2D eigenvalue weighted by molar-refractivity contribution is 4.95. The number of furan rings is 1. The highest BCUT2D eigenvalue weighted by Crippen LogP contribution is 2.46. The van der Waals surface area contributed by atoms with Crippen molar-refractivity contribution in [3.63, 3.8) is 0 Å². The summed E-state index contributed by atoms with van der Waals surface area (Å²) in [6, 6.07) is 4.03. The number of quaternary nitrogens is 1. The van der Waals surface area contributed by atoms with Crippen molar-refractivity contribution < 1.29 is 14.5 Å². The van der Waals surface area contributed by atoms with Crippen molar-refractivity contribution in [3.05, 3.63) is 24.2 Å². The van der Waals surface area contributed by atoms with Gasteiger partial charge in [0.1, 0.15) is 6.54 Å².